The molecule has 6 nitrogen and oxygen atoms in total. The van der Waals surface area contributed by atoms with Gasteiger partial charge in [0.2, 0.25) is 0 Å². The monoisotopic (exact) mass is 262 g/mol. The van der Waals surface area contributed by atoms with E-state index in [1.54, 1.807) is 35.0 Å². The molecule has 0 amide bonds. The lowest BCUT2D eigenvalue weighted by atomic mass is 10.1. The number of aromatic carboxylic acids is 1. The topological polar surface area (TPSA) is 72.9 Å². The Kier molecular flexibility index (Phi) is 3.69. The largest absolute Gasteiger partial charge is 0.478 e. The molecule has 19 heavy (non-hydrogen) atoms. The van der Waals surface area contributed by atoms with E-state index in [-0.39, 0.29) is 5.56 Å². The van der Waals surface area contributed by atoms with Crippen LogP contribution in [0.5, 0.6) is 0 Å². The molecule has 2 rings (SSSR count). The van der Waals surface area contributed by atoms with Gasteiger partial charge in [-0.25, -0.2) is 4.79 Å². The lowest BCUT2D eigenvalue weighted by Gasteiger charge is -2.03. The molecular weight excluding hydrogens is 244 g/mol. The zero-order valence-electron chi connectivity index (χ0n) is 11.4. The Bertz CT molecular complexity index is 583. The van der Waals surface area contributed by atoms with Crippen molar-refractivity contribution in [1.82, 2.24) is 19.6 Å². The highest BCUT2D eigenvalue weighted by atomic mass is 16.4. The Hall–Kier alpha value is -2.11. The van der Waals surface area contributed by atoms with E-state index in [1.807, 2.05) is 0 Å². The molecule has 102 valence electrons. The minimum atomic E-state index is -0.963. The van der Waals surface area contributed by atoms with Gasteiger partial charge in [0.25, 0.3) is 0 Å². The Morgan fingerprint density at radius 1 is 1.42 bits per heavy atom. The first-order valence-corrected chi connectivity index (χ1v) is 6.27. The van der Waals surface area contributed by atoms with E-state index in [9.17, 15) is 9.90 Å². The van der Waals surface area contributed by atoms with E-state index < -0.39 is 5.97 Å². The van der Waals surface area contributed by atoms with Crippen molar-refractivity contribution in [2.45, 2.75) is 26.8 Å². The molecule has 0 fully saturated rings. The lowest BCUT2D eigenvalue weighted by Crippen LogP contribution is -2.02. The number of hydrogen-bond acceptors (Lipinski definition) is 3. The summed E-state index contributed by atoms with van der Waals surface area (Å²) in [5.41, 5.74) is 1.42. The molecule has 0 unspecified atom stereocenters. The molecule has 2 aromatic rings. The van der Waals surface area contributed by atoms with Crippen molar-refractivity contribution in [2.24, 2.45) is 13.0 Å². The third kappa shape index (κ3) is 3.01. The van der Waals surface area contributed by atoms with Gasteiger partial charge in [-0.1, -0.05) is 13.8 Å². The quantitative estimate of drug-likeness (QED) is 0.894. The van der Waals surface area contributed by atoms with Crippen molar-refractivity contribution in [2.75, 3.05) is 0 Å². The van der Waals surface area contributed by atoms with Crippen LogP contribution in [0.1, 0.15) is 30.6 Å². The fourth-order valence-corrected chi connectivity index (χ4v) is 1.84. The number of carboxylic acids is 1. The van der Waals surface area contributed by atoms with Crippen LogP contribution in [0.25, 0.3) is 11.3 Å². The van der Waals surface area contributed by atoms with Gasteiger partial charge < -0.3 is 5.11 Å². The fraction of sp³-hybridized carbons (Fsp3) is 0.462. The Morgan fingerprint density at radius 2 is 2.16 bits per heavy atom. The number of carboxylic acid groups (broad SMARTS) is 1. The third-order valence-electron chi connectivity index (χ3n) is 2.91. The number of hydrogen-bond donors (Lipinski definition) is 1. The van der Waals surface area contributed by atoms with Gasteiger partial charge in [0.05, 0.1) is 6.20 Å². The Morgan fingerprint density at radius 3 is 2.68 bits per heavy atom. The van der Waals surface area contributed by atoms with Crippen molar-refractivity contribution in [3.63, 3.8) is 0 Å². The molecule has 0 bridgehead atoms. The summed E-state index contributed by atoms with van der Waals surface area (Å²) in [4.78, 5) is 11.3. The molecular formula is C13H18N4O2. The van der Waals surface area contributed by atoms with E-state index in [0.717, 1.165) is 18.5 Å². The van der Waals surface area contributed by atoms with Crippen LogP contribution in [0, 0.1) is 5.92 Å². The van der Waals surface area contributed by atoms with Gasteiger partial charge in [-0.05, 0) is 12.3 Å². The van der Waals surface area contributed by atoms with Crippen LogP contribution in [0.3, 0.4) is 0 Å². The van der Waals surface area contributed by atoms with Crippen LogP contribution >= 0.6 is 0 Å². The smallest absolute Gasteiger partial charge is 0.339 e. The van der Waals surface area contributed by atoms with E-state index in [2.05, 4.69) is 24.0 Å². The molecule has 1 N–H and O–H groups in total. The molecule has 0 aromatic carbocycles. The third-order valence-corrected chi connectivity index (χ3v) is 2.91. The summed E-state index contributed by atoms with van der Waals surface area (Å²) in [6, 6.07) is 0. The Labute approximate surface area is 111 Å². The molecule has 2 heterocycles. The van der Waals surface area contributed by atoms with Crippen LogP contribution in [0.2, 0.25) is 0 Å². The highest BCUT2D eigenvalue weighted by molar-refractivity contribution is 5.94. The second kappa shape index (κ2) is 5.26. The van der Waals surface area contributed by atoms with Crippen LogP contribution in [-0.2, 0) is 13.6 Å². The van der Waals surface area contributed by atoms with Gasteiger partial charge in [-0.15, -0.1) is 0 Å². The number of aryl methyl sites for hydroxylation is 2. The van der Waals surface area contributed by atoms with E-state index in [0.29, 0.717) is 11.6 Å². The summed E-state index contributed by atoms with van der Waals surface area (Å²) < 4.78 is 3.33. The van der Waals surface area contributed by atoms with Gasteiger partial charge in [0, 0.05) is 31.5 Å². The van der Waals surface area contributed by atoms with E-state index in [4.69, 9.17) is 0 Å². The van der Waals surface area contributed by atoms with Crippen molar-refractivity contribution >= 4 is 5.97 Å². The summed E-state index contributed by atoms with van der Waals surface area (Å²) >= 11 is 0. The van der Waals surface area contributed by atoms with Crippen LogP contribution in [-0.4, -0.2) is 30.6 Å². The summed E-state index contributed by atoms with van der Waals surface area (Å²) in [5, 5.41) is 17.7. The zero-order valence-corrected chi connectivity index (χ0v) is 11.4. The highest BCUT2D eigenvalue weighted by Crippen LogP contribution is 2.21. The van der Waals surface area contributed by atoms with Gasteiger partial charge in [-0.2, -0.15) is 10.2 Å². The van der Waals surface area contributed by atoms with Gasteiger partial charge in [-0.3, -0.25) is 9.36 Å². The van der Waals surface area contributed by atoms with Gasteiger partial charge >= 0.3 is 5.97 Å². The molecule has 2 aromatic heterocycles. The minimum Gasteiger partial charge on any atom is -0.478 e. The summed E-state index contributed by atoms with van der Waals surface area (Å²) in [7, 11) is 1.79. The van der Waals surface area contributed by atoms with Crippen molar-refractivity contribution in [1.29, 1.82) is 0 Å². The van der Waals surface area contributed by atoms with Crippen LogP contribution < -0.4 is 0 Å². The number of carbonyl (C=O) groups is 1. The fourth-order valence-electron chi connectivity index (χ4n) is 1.84. The second-order valence-electron chi connectivity index (χ2n) is 5.04. The molecule has 0 saturated carbocycles. The first-order valence-electron chi connectivity index (χ1n) is 6.27. The molecule has 0 saturated heterocycles. The first-order chi connectivity index (χ1) is 8.97. The highest BCUT2D eigenvalue weighted by Gasteiger charge is 2.18. The standard InChI is InChI=1S/C13H18N4O2/c1-9(2)4-5-17-8-11(13(18)19)12(15-17)10-6-14-16(3)7-10/h6-9H,4-5H2,1-3H3,(H,18,19). The maximum Gasteiger partial charge on any atom is 0.339 e. The van der Waals surface area contributed by atoms with Crippen molar-refractivity contribution < 1.29 is 9.90 Å². The molecule has 0 aliphatic heterocycles. The van der Waals surface area contributed by atoms with Gasteiger partial charge in [0.15, 0.2) is 0 Å². The normalized spacial score (nSPS) is 11.2. The maximum absolute atomic E-state index is 11.3. The molecule has 0 aliphatic rings. The Balaban J connectivity index is 2.33. The van der Waals surface area contributed by atoms with Crippen molar-refractivity contribution in [3.8, 4) is 11.3 Å². The van der Waals surface area contributed by atoms with Crippen molar-refractivity contribution in [3.05, 3.63) is 24.2 Å². The summed E-state index contributed by atoms with van der Waals surface area (Å²) in [6.45, 7) is 4.98. The second-order valence-corrected chi connectivity index (χ2v) is 5.04. The maximum atomic E-state index is 11.3. The predicted molar refractivity (Wildman–Crippen MR) is 70.8 cm³/mol. The molecule has 0 spiro atoms. The van der Waals surface area contributed by atoms with Gasteiger partial charge in [0.1, 0.15) is 11.3 Å². The molecule has 6 heteroatoms. The van der Waals surface area contributed by atoms with Crippen LogP contribution in [0.4, 0.5) is 0 Å². The minimum absolute atomic E-state index is 0.219. The number of nitrogens with zero attached hydrogens (tertiary/aromatic N) is 4. The molecule has 0 aliphatic carbocycles. The summed E-state index contributed by atoms with van der Waals surface area (Å²) in [5.74, 6) is -0.408. The van der Waals surface area contributed by atoms with E-state index >= 15 is 0 Å². The number of aromatic nitrogens is 4. The summed E-state index contributed by atoms with van der Waals surface area (Å²) in [6.07, 6.45) is 5.95. The first kappa shape index (κ1) is 13.3. The molecule has 0 radical (unpaired) electrons. The SMILES string of the molecule is CC(C)CCn1cc(C(=O)O)c(-c2cnn(C)c2)n1. The lowest BCUT2D eigenvalue weighted by molar-refractivity contribution is 0.0697. The molecule has 0 atom stereocenters. The average molecular weight is 262 g/mol. The average Bonchev–Trinajstić information content (AvgIpc) is 2.92. The number of rotatable bonds is 5. The van der Waals surface area contributed by atoms with Crippen LogP contribution in [0.15, 0.2) is 18.6 Å². The van der Waals surface area contributed by atoms with E-state index in [1.165, 1.54) is 0 Å². The zero-order chi connectivity index (χ0) is 14.0. The predicted octanol–water partition coefficient (Wildman–Crippen LogP) is 2.03.